The van der Waals surface area contributed by atoms with E-state index in [1.54, 1.807) is 6.92 Å². The highest BCUT2D eigenvalue weighted by Crippen LogP contribution is 2.81. The average Bonchev–Trinajstić information content (AvgIpc) is 0.680. The Morgan fingerprint density at radius 1 is 0.369 bits per heavy atom. The number of hydrogen-bond donors (Lipinski definition) is 1. The zero-order chi connectivity index (χ0) is 82.2. The Labute approximate surface area is 671 Å². The fourth-order valence-corrected chi connectivity index (χ4v) is 33.4. The highest BCUT2D eigenvalue weighted by Gasteiger charge is 2.77. The van der Waals surface area contributed by atoms with Crippen LogP contribution in [0.5, 0.6) is 0 Å². The summed E-state index contributed by atoms with van der Waals surface area (Å²) >= 11 is 6.06. The molecule has 0 aromatic heterocycles. The van der Waals surface area contributed by atoms with Crippen molar-refractivity contribution in [2.24, 2.45) is 168 Å². The van der Waals surface area contributed by atoms with E-state index in [4.69, 9.17) is 31.3 Å². The number of hydrogen-bond acceptors (Lipinski definition) is 9. The van der Waals surface area contributed by atoms with Gasteiger partial charge in [-0.3, -0.25) is 24.0 Å². The lowest BCUT2D eigenvalue weighted by molar-refractivity contribution is -0.224. The van der Waals surface area contributed by atoms with E-state index >= 15 is 0 Å². The van der Waals surface area contributed by atoms with Crippen LogP contribution in [0.15, 0.2) is 35.3 Å². The molecule has 111 heavy (non-hydrogen) atoms. The minimum absolute atomic E-state index is 0.0101. The molecule has 15 rings (SSSR count). The molecule has 12 fully saturated rings. The second-order valence-electron chi connectivity index (χ2n) is 47.0. The first-order chi connectivity index (χ1) is 50.9. The number of fused-ring (bicyclic) bond motifs is 21. The van der Waals surface area contributed by atoms with Crippen molar-refractivity contribution in [3.63, 3.8) is 0 Å². The average molecular weight is 1540 g/mol. The summed E-state index contributed by atoms with van der Waals surface area (Å²) in [5.41, 5.74) is -3.06. The third-order valence-electron chi connectivity index (χ3n) is 39.5. The minimum Gasteiger partial charge on any atom is -0.481 e. The van der Waals surface area contributed by atoms with Crippen LogP contribution in [0.3, 0.4) is 0 Å². The van der Waals surface area contributed by atoms with Gasteiger partial charge in [-0.15, -0.1) is 0 Å². The topological polar surface area (TPSA) is 187 Å². The van der Waals surface area contributed by atoms with Crippen LogP contribution in [0, 0.1) is 188 Å². The van der Waals surface area contributed by atoms with E-state index in [1.165, 1.54) is 0 Å². The van der Waals surface area contributed by atoms with Crippen molar-refractivity contribution in [3.8, 4) is 0 Å². The zero-order valence-electron chi connectivity index (χ0n) is 72.1. The molecule has 24 atom stereocenters. The minimum atomic E-state index is -0.736. The number of aliphatic carboxylic acids is 1. The first-order valence-electron chi connectivity index (χ1n) is 43.4. The summed E-state index contributed by atoms with van der Waals surface area (Å²) in [4.78, 5) is 131. The highest BCUT2D eigenvalue weighted by molar-refractivity contribution is 6.63. The van der Waals surface area contributed by atoms with Crippen LogP contribution in [0.25, 0.3) is 14.5 Å². The van der Waals surface area contributed by atoms with Crippen LogP contribution in [-0.2, 0) is 43.2 Å². The van der Waals surface area contributed by atoms with Gasteiger partial charge in [-0.25, -0.2) is 14.5 Å². The standard InChI is InChI=1S/C33H47NO3.C32H44ClNO3.C32H45NO4/c1-20(35)17-33-14-12-28(2,3)18-21(33)26-23(36)16-25-30(6)19-22(34-9)27(37)29(4,5)24(30)10-11-31(25,7)32(26,8)13-15-33;1-27(2)11-13-32(18-24(33)36)14-12-31(7)25(19(32)16-27)21(35)15-23-29(5)17-20(34-8)26(37)28(3,4)22(29)9-10-30(23,31)6;1-27(2)11-13-32(18-24(35)36)14-12-31(7)25(19(32)16-27)21(34)15-23-29(5)17-20(33-8)26(37)28(3,4)22(29)9-10-30(23,31)6/h19,21,24-26H,10-18H2,1-8H3;17,19,22-23,25H,9-16,18H2,1-7H3;17,19,22-23,25H,9-16,18H2,1-7H3,(H,35,36)/t21-,24-,25+,26-,30-,31+,32+,33+;2*19-,22-,23+,25-,29-,30+,31+,32+/m000/s1. The van der Waals surface area contributed by atoms with Gasteiger partial charge in [0.05, 0.1) is 26.1 Å². The molecular formula is C97H136ClN3O10. The SMILES string of the molecule is [C-]#[N+]C1=C[C@]2(C)[C@H]3CC(=O)[C@@H]4[C@@H]5CC(C)(C)CC[C@]5(CC(=O)Cl)CC[C@@]4(C)[C@]3(C)CC[C@H]2C(C)(C)C1=O.[C-]#[N+]C1=C[C@]2(C)[C@H]3CC(=O)[C@@H]4[C@@H]5CC(C)(C)CC[C@]5(CC(=O)O)CC[C@@]4(C)[C@]3(C)CC[C@H]2C(C)(C)C1=O.[C-]#[N+]C1=C[C@]2(C)[C@H]3CC(=O)[C@@H]4[C@@H]5CC(C)(C)CC[C@]5(CC(C)=O)CC[C@@]4(C)[C@]3(C)CC[C@H]2C(C)(C)C1=O. The Balaban J connectivity index is 0.000000146. The van der Waals surface area contributed by atoms with Gasteiger partial charge < -0.3 is 24.3 Å². The number of rotatable bonds is 6. The predicted octanol–water partition coefficient (Wildman–Crippen LogP) is 22.5. The maximum Gasteiger partial charge on any atom is 0.303 e. The maximum atomic E-state index is 14.5. The number of carbonyl (C=O) groups excluding carboxylic acids is 8. The van der Waals surface area contributed by atoms with Crippen molar-refractivity contribution in [2.45, 2.75) is 326 Å². The van der Waals surface area contributed by atoms with E-state index in [0.29, 0.717) is 49.5 Å². The van der Waals surface area contributed by atoms with Crippen LogP contribution in [0.2, 0.25) is 0 Å². The normalized spacial score (nSPS) is 47.9. The van der Waals surface area contributed by atoms with Crippen LogP contribution in [0.1, 0.15) is 326 Å². The van der Waals surface area contributed by atoms with Gasteiger partial charge in [0.2, 0.25) is 22.3 Å². The zero-order valence-corrected chi connectivity index (χ0v) is 72.8. The summed E-state index contributed by atoms with van der Waals surface area (Å²) in [6, 6.07) is 0. The van der Waals surface area contributed by atoms with Crippen LogP contribution in [-0.4, -0.2) is 56.8 Å². The molecule has 0 spiro atoms. The number of halogens is 1. The molecule has 0 heterocycles. The van der Waals surface area contributed by atoms with Gasteiger partial charge in [0.1, 0.15) is 23.1 Å². The fraction of sp³-hybridized carbons (Fsp3) is 0.814. The van der Waals surface area contributed by atoms with E-state index in [9.17, 15) is 48.3 Å². The number of carboxylic acids is 1. The second-order valence-corrected chi connectivity index (χ2v) is 47.5. The number of allylic oxidation sites excluding steroid dienone is 6. The number of nitrogens with zero attached hydrogens (tertiary/aromatic N) is 3. The van der Waals surface area contributed by atoms with Crippen LogP contribution < -0.4 is 0 Å². The fourth-order valence-electron chi connectivity index (χ4n) is 33.1. The molecule has 12 saturated carbocycles. The highest BCUT2D eigenvalue weighted by atomic mass is 35.5. The molecule has 1 N–H and O–H groups in total. The van der Waals surface area contributed by atoms with E-state index in [1.807, 2.05) is 59.8 Å². The summed E-state index contributed by atoms with van der Waals surface area (Å²) in [6.45, 7) is 72.0. The van der Waals surface area contributed by atoms with Gasteiger partial charge >= 0.3 is 5.97 Å². The molecule has 0 unspecified atom stereocenters. The van der Waals surface area contributed by atoms with Crippen LogP contribution >= 0.6 is 11.6 Å². The molecule has 0 aromatic carbocycles. The summed E-state index contributed by atoms with van der Waals surface area (Å²) in [6.07, 6.45) is 29.0. The van der Waals surface area contributed by atoms with Crippen molar-refractivity contribution < 1.29 is 48.3 Å². The molecular weight excluding hydrogens is 1400 g/mol. The Kier molecular flexibility index (Phi) is 19.7. The third kappa shape index (κ3) is 11.8. The van der Waals surface area contributed by atoms with E-state index in [-0.39, 0.29) is 199 Å². The molecule has 0 aliphatic heterocycles. The lowest BCUT2D eigenvalue weighted by Gasteiger charge is -2.72. The van der Waals surface area contributed by atoms with Crippen molar-refractivity contribution >= 4 is 63.3 Å². The lowest BCUT2D eigenvalue weighted by Crippen LogP contribution is -2.68. The largest absolute Gasteiger partial charge is 0.481 e. The van der Waals surface area contributed by atoms with E-state index in [2.05, 4.69) is 118 Å². The molecule has 0 saturated heterocycles. The Hall–Kier alpha value is -5.19. The first kappa shape index (κ1) is 83.7. The third-order valence-corrected chi connectivity index (χ3v) is 39.6. The molecule has 15 aliphatic rings. The Morgan fingerprint density at radius 3 is 0.865 bits per heavy atom. The molecule has 0 amide bonds. The van der Waals surface area contributed by atoms with Crippen molar-refractivity contribution in [1.82, 2.24) is 0 Å². The molecule has 0 bridgehead atoms. The second kappa shape index (κ2) is 26.2. The number of carboxylic acid groups (broad SMARTS) is 1. The number of ketones is 7. The summed E-state index contributed by atoms with van der Waals surface area (Å²) < 4.78 is 0. The maximum absolute atomic E-state index is 14.5. The van der Waals surface area contributed by atoms with Crippen molar-refractivity contribution in [3.05, 3.63) is 69.6 Å². The Bertz CT molecular complexity index is 3850. The van der Waals surface area contributed by atoms with Crippen LogP contribution in [0.4, 0.5) is 0 Å². The first-order valence-corrected chi connectivity index (χ1v) is 43.7. The van der Waals surface area contributed by atoms with Gasteiger partial charge in [-0.2, -0.15) is 0 Å². The van der Waals surface area contributed by atoms with Gasteiger partial charge in [0, 0.05) is 66.1 Å². The van der Waals surface area contributed by atoms with Gasteiger partial charge in [-0.05, 0) is 288 Å². The molecule has 13 nitrogen and oxygen atoms in total. The lowest BCUT2D eigenvalue weighted by atomic mass is 9.31. The van der Waals surface area contributed by atoms with E-state index in [0.717, 1.165) is 135 Å². The van der Waals surface area contributed by atoms with E-state index < -0.39 is 27.6 Å². The summed E-state index contributed by atoms with van der Waals surface area (Å²) in [5.74, 6) is 1.39. The smallest absolute Gasteiger partial charge is 0.303 e. The van der Waals surface area contributed by atoms with Gasteiger partial charge in [0.15, 0.2) is 17.3 Å². The molecule has 0 aromatic rings. The predicted molar refractivity (Wildman–Crippen MR) is 433 cm³/mol. The van der Waals surface area contributed by atoms with Crippen molar-refractivity contribution in [2.75, 3.05) is 0 Å². The molecule has 606 valence electrons. The Morgan fingerprint density at radius 2 is 0.622 bits per heavy atom. The quantitative estimate of drug-likeness (QED) is 0.198. The molecule has 0 radical (unpaired) electrons. The van der Waals surface area contributed by atoms with Gasteiger partial charge in [0.25, 0.3) is 0 Å². The number of carbonyl (C=O) groups is 9. The van der Waals surface area contributed by atoms with Gasteiger partial charge in [-0.1, -0.05) is 164 Å². The summed E-state index contributed by atoms with van der Waals surface area (Å²) in [5, 5.41) is 9.67. The van der Waals surface area contributed by atoms with Crippen molar-refractivity contribution in [1.29, 1.82) is 0 Å². The number of Topliss-reactive ketones (excluding diaryl/α,β-unsaturated/α-hetero) is 7. The summed E-state index contributed by atoms with van der Waals surface area (Å²) in [7, 11) is 0. The molecule has 15 aliphatic carbocycles. The monoisotopic (exact) mass is 1540 g/mol. The molecule has 14 heteroatoms.